The average molecular weight is 354 g/mol. The van der Waals surface area contributed by atoms with E-state index >= 15 is 0 Å². The third kappa shape index (κ3) is 3.01. The molecule has 0 fully saturated rings. The summed E-state index contributed by atoms with van der Waals surface area (Å²) in [6.07, 6.45) is 1.68. The van der Waals surface area contributed by atoms with Crippen molar-refractivity contribution in [3.63, 3.8) is 0 Å². The Kier molecular flexibility index (Phi) is 4.46. The Labute approximate surface area is 143 Å². The number of rotatable bonds is 2. The van der Waals surface area contributed by atoms with Crippen LogP contribution in [0.2, 0.25) is 10.0 Å². The van der Waals surface area contributed by atoms with Gasteiger partial charge in [0.1, 0.15) is 11.6 Å². The van der Waals surface area contributed by atoms with E-state index in [9.17, 15) is 9.18 Å². The summed E-state index contributed by atoms with van der Waals surface area (Å²) in [5, 5.41) is 0.0392. The molecule has 0 aliphatic carbocycles. The predicted octanol–water partition coefficient (Wildman–Crippen LogP) is 4.73. The van der Waals surface area contributed by atoms with Gasteiger partial charge in [0.15, 0.2) is 0 Å². The van der Waals surface area contributed by atoms with Gasteiger partial charge in [-0.15, -0.1) is 0 Å². The smallest absolute Gasteiger partial charge is 0.259 e. The van der Waals surface area contributed by atoms with Gasteiger partial charge in [-0.05, 0) is 48.7 Å². The molecule has 0 N–H and O–H groups in total. The number of ether oxygens (including phenoxy) is 1. The van der Waals surface area contributed by atoms with Gasteiger partial charge in [-0.1, -0.05) is 23.2 Å². The molecule has 0 spiro atoms. The summed E-state index contributed by atoms with van der Waals surface area (Å²) in [6, 6.07) is 7.90. The second kappa shape index (κ2) is 6.38. The minimum Gasteiger partial charge on any atom is -0.497 e. The number of anilines is 1. The minimum atomic E-state index is -0.661. The highest BCUT2D eigenvalue weighted by Crippen LogP contribution is 2.33. The van der Waals surface area contributed by atoms with Crippen LogP contribution < -0.4 is 9.64 Å². The molecule has 120 valence electrons. The maximum atomic E-state index is 13.7. The third-order valence-electron chi connectivity index (χ3n) is 3.89. The molecule has 6 heteroatoms. The van der Waals surface area contributed by atoms with Gasteiger partial charge in [0, 0.05) is 12.2 Å². The number of halogens is 3. The molecule has 0 unspecified atom stereocenters. The van der Waals surface area contributed by atoms with E-state index in [0.29, 0.717) is 6.54 Å². The predicted molar refractivity (Wildman–Crippen MR) is 89.4 cm³/mol. The first-order valence-electron chi connectivity index (χ1n) is 7.14. The Balaban J connectivity index is 2.01. The standard InChI is InChI=1S/C17H14Cl2FNO2/c1-23-11-4-5-16-10(7-11)3-2-6-21(16)17(22)12-8-15(20)14(19)9-13(12)18/h4-5,7-9H,2-3,6H2,1H3. The first-order chi connectivity index (χ1) is 11.0. The largest absolute Gasteiger partial charge is 0.497 e. The molecular formula is C17H14Cl2FNO2. The van der Waals surface area contributed by atoms with Gasteiger partial charge < -0.3 is 9.64 Å². The molecule has 2 aromatic carbocycles. The van der Waals surface area contributed by atoms with E-state index in [-0.39, 0.29) is 21.5 Å². The van der Waals surface area contributed by atoms with Gasteiger partial charge in [-0.2, -0.15) is 0 Å². The summed E-state index contributed by atoms with van der Waals surface area (Å²) in [5.41, 5.74) is 1.93. The molecule has 1 aliphatic heterocycles. The van der Waals surface area contributed by atoms with E-state index in [2.05, 4.69) is 0 Å². The molecular weight excluding hydrogens is 340 g/mol. The lowest BCUT2D eigenvalue weighted by Crippen LogP contribution is -2.35. The molecule has 23 heavy (non-hydrogen) atoms. The number of nitrogens with zero attached hydrogens (tertiary/aromatic N) is 1. The van der Waals surface area contributed by atoms with Crippen LogP contribution in [-0.2, 0) is 6.42 Å². The number of aryl methyl sites for hydroxylation is 1. The zero-order valence-corrected chi connectivity index (χ0v) is 13.9. The Morgan fingerprint density at radius 1 is 1.22 bits per heavy atom. The van der Waals surface area contributed by atoms with Crippen LogP contribution in [0.25, 0.3) is 0 Å². The lowest BCUT2D eigenvalue weighted by molar-refractivity contribution is 0.0985. The number of carbonyl (C=O) groups excluding carboxylic acids is 1. The van der Waals surface area contributed by atoms with Gasteiger partial charge in [-0.3, -0.25) is 4.79 Å². The minimum absolute atomic E-state index is 0.102. The third-order valence-corrected chi connectivity index (χ3v) is 4.49. The molecule has 0 saturated heterocycles. The first-order valence-corrected chi connectivity index (χ1v) is 7.90. The van der Waals surface area contributed by atoms with E-state index < -0.39 is 5.82 Å². The highest BCUT2D eigenvalue weighted by atomic mass is 35.5. The van der Waals surface area contributed by atoms with Crippen molar-refractivity contribution in [2.45, 2.75) is 12.8 Å². The van der Waals surface area contributed by atoms with Crippen molar-refractivity contribution in [2.75, 3.05) is 18.6 Å². The average Bonchev–Trinajstić information content (AvgIpc) is 2.56. The van der Waals surface area contributed by atoms with Crippen LogP contribution in [0.1, 0.15) is 22.3 Å². The zero-order chi connectivity index (χ0) is 16.6. The van der Waals surface area contributed by atoms with E-state index in [1.165, 1.54) is 6.07 Å². The van der Waals surface area contributed by atoms with Crippen molar-refractivity contribution < 1.29 is 13.9 Å². The summed E-state index contributed by atoms with van der Waals surface area (Å²) in [4.78, 5) is 14.4. The summed E-state index contributed by atoms with van der Waals surface area (Å²) in [6.45, 7) is 0.554. The Morgan fingerprint density at radius 3 is 2.74 bits per heavy atom. The number of hydrogen-bond donors (Lipinski definition) is 0. The molecule has 0 radical (unpaired) electrons. The van der Waals surface area contributed by atoms with E-state index in [0.717, 1.165) is 35.9 Å². The Hall–Kier alpha value is -1.78. The van der Waals surface area contributed by atoms with E-state index in [4.69, 9.17) is 27.9 Å². The van der Waals surface area contributed by atoms with Crippen molar-refractivity contribution in [1.82, 2.24) is 0 Å². The van der Waals surface area contributed by atoms with Crippen molar-refractivity contribution in [3.05, 3.63) is 57.3 Å². The number of amides is 1. The fourth-order valence-corrected chi connectivity index (χ4v) is 3.21. The monoisotopic (exact) mass is 353 g/mol. The molecule has 0 saturated carbocycles. The molecule has 1 amide bonds. The van der Waals surface area contributed by atoms with Crippen LogP contribution in [0.5, 0.6) is 5.75 Å². The van der Waals surface area contributed by atoms with Crippen LogP contribution in [0, 0.1) is 5.82 Å². The number of fused-ring (bicyclic) bond motifs is 1. The molecule has 0 aromatic heterocycles. The molecule has 3 rings (SSSR count). The summed E-state index contributed by atoms with van der Waals surface area (Å²) in [7, 11) is 1.60. The van der Waals surface area contributed by atoms with Crippen LogP contribution in [0.3, 0.4) is 0 Å². The fourth-order valence-electron chi connectivity index (χ4n) is 2.74. The number of methoxy groups -OCH3 is 1. The zero-order valence-electron chi connectivity index (χ0n) is 12.4. The number of benzene rings is 2. The van der Waals surface area contributed by atoms with E-state index in [1.807, 2.05) is 12.1 Å². The maximum Gasteiger partial charge on any atom is 0.259 e. The lowest BCUT2D eigenvalue weighted by atomic mass is 10.0. The molecule has 0 bridgehead atoms. The Morgan fingerprint density at radius 2 is 2.00 bits per heavy atom. The summed E-state index contributed by atoms with van der Waals surface area (Å²) < 4.78 is 18.9. The van der Waals surface area contributed by atoms with Crippen molar-refractivity contribution in [3.8, 4) is 5.75 Å². The van der Waals surface area contributed by atoms with Gasteiger partial charge in [0.2, 0.25) is 0 Å². The van der Waals surface area contributed by atoms with Crippen molar-refractivity contribution in [2.24, 2.45) is 0 Å². The number of hydrogen-bond acceptors (Lipinski definition) is 2. The first kappa shape index (κ1) is 16.1. The van der Waals surface area contributed by atoms with Crippen molar-refractivity contribution >= 4 is 34.8 Å². The fraction of sp³-hybridized carbons (Fsp3) is 0.235. The van der Waals surface area contributed by atoms with Crippen molar-refractivity contribution in [1.29, 1.82) is 0 Å². The highest BCUT2D eigenvalue weighted by molar-refractivity contribution is 6.37. The lowest BCUT2D eigenvalue weighted by Gasteiger charge is -2.30. The normalized spacial score (nSPS) is 13.7. The molecule has 1 heterocycles. The quantitative estimate of drug-likeness (QED) is 0.730. The number of carbonyl (C=O) groups is 1. The molecule has 1 aliphatic rings. The Bertz CT molecular complexity index is 779. The van der Waals surface area contributed by atoms with Gasteiger partial charge >= 0.3 is 0 Å². The molecule has 0 atom stereocenters. The van der Waals surface area contributed by atoms with Crippen LogP contribution >= 0.6 is 23.2 Å². The van der Waals surface area contributed by atoms with E-state index in [1.54, 1.807) is 18.1 Å². The molecule has 2 aromatic rings. The topological polar surface area (TPSA) is 29.5 Å². The van der Waals surface area contributed by atoms with Crippen LogP contribution in [0.4, 0.5) is 10.1 Å². The summed E-state index contributed by atoms with van der Waals surface area (Å²) >= 11 is 11.8. The van der Waals surface area contributed by atoms with Gasteiger partial charge in [0.25, 0.3) is 5.91 Å². The van der Waals surface area contributed by atoms with Gasteiger partial charge in [-0.25, -0.2) is 4.39 Å². The molecule has 3 nitrogen and oxygen atoms in total. The highest BCUT2D eigenvalue weighted by Gasteiger charge is 2.26. The second-order valence-electron chi connectivity index (χ2n) is 5.30. The maximum absolute atomic E-state index is 13.7. The SMILES string of the molecule is COc1ccc2c(c1)CCCN2C(=O)c1cc(F)c(Cl)cc1Cl. The van der Waals surface area contributed by atoms with Crippen LogP contribution in [0.15, 0.2) is 30.3 Å². The second-order valence-corrected chi connectivity index (χ2v) is 6.12. The van der Waals surface area contributed by atoms with Crippen LogP contribution in [-0.4, -0.2) is 19.6 Å². The summed E-state index contributed by atoms with van der Waals surface area (Å²) in [5.74, 6) is -0.253. The van der Waals surface area contributed by atoms with Gasteiger partial charge in [0.05, 0.1) is 22.7 Å².